The lowest BCUT2D eigenvalue weighted by molar-refractivity contribution is -0.173. The van der Waals surface area contributed by atoms with Crippen molar-refractivity contribution in [3.05, 3.63) is 47.5 Å². The third-order valence-corrected chi connectivity index (χ3v) is 8.49. The maximum atomic E-state index is 12.6. The van der Waals surface area contributed by atoms with Gasteiger partial charge in [0.15, 0.2) is 0 Å². The molecular formula is C33H50N4O6. The summed E-state index contributed by atoms with van der Waals surface area (Å²) >= 11 is 0. The van der Waals surface area contributed by atoms with Gasteiger partial charge in [0.1, 0.15) is 11.8 Å². The Morgan fingerprint density at radius 1 is 1.23 bits per heavy atom. The molecule has 4 atom stereocenters. The Morgan fingerprint density at radius 3 is 2.47 bits per heavy atom. The molecule has 1 aliphatic carbocycles. The Hall–Kier alpha value is -3.18. The number of carbonyl (C=O) groups is 2. The van der Waals surface area contributed by atoms with E-state index in [4.69, 9.17) is 15.3 Å². The van der Waals surface area contributed by atoms with E-state index >= 15 is 0 Å². The highest BCUT2D eigenvalue weighted by Gasteiger charge is 2.46. The summed E-state index contributed by atoms with van der Waals surface area (Å²) in [7, 11) is 6.75. The molecule has 238 valence electrons. The maximum Gasteiger partial charge on any atom is 0.335 e. The van der Waals surface area contributed by atoms with Crippen LogP contribution in [0.3, 0.4) is 0 Å². The average molecular weight is 599 g/mol. The number of para-hydroxylation sites is 1. The third-order valence-electron chi connectivity index (χ3n) is 8.49. The standard InChI is InChI=1S/C24H32N4O6.C9H18/c1-26-23(30)21-19(13-29)20(11-25)34-28(21)12-14-6-5-7-18(22(14)33-4)15-8-16(24(31)32)10-17(9-15)27(2)3;1-8-5-4-6-9(2,3)7-8/h5-10,19-21,29H,11-13,25H2,1-4H3,(H,26,30)(H,31,32);8H,4-7H2,1-3H3. The number of nitrogens with zero attached hydrogens (tertiary/aromatic N) is 2. The van der Waals surface area contributed by atoms with Crippen molar-refractivity contribution in [2.75, 3.05) is 46.3 Å². The van der Waals surface area contributed by atoms with E-state index in [0.29, 0.717) is 22.3 Å². The van der Waals surface area contributed by atoms with E-state index in [2.05, 4.69) is 26.1 Å². The first-order valence-electron chi connectivity index (χ1n) is 15.0. The number of carboxylic acids is 1. The van der Waals surface area contributed by atoms with Crippen LogP contribution < -0.4 is 20.7 Å². The Balaban J connectivity index is 0.000000480. The molecule has 2 aromatic rings. The number of hydrogen-bond acceptors (Lipinski definition) is 8. The second-order valence-electron chi connectivity index (χ2n) is 12.7. The van der Waals surface area contributed by atoms with Gasteiger partial charge in [-0.05, 0) is 47.9 Å². The number of hydroxylamine groups is 2. The molecule has 0 spiro atoms. The van der Waals surface area contributed by atoms with E-state index < -0.39 is 24.0 Å². The Labute approximate surface area is 256 Å². The fraction of sp³-hybridized carbons (Fsp3) is 0.576. The Bertz CT molecular complexity index is 1250. The van der Waals surface area contributed by atoms with Crippen molar-refractivity contribution in [3.63, 3.8) is 0 Å². The summed E-state index contributed by atoms with van der Waals surface area (Å²) in [6.07, 6.45) is 5.29. The quantitative estimate of drug-likeness (QED) is 0.335. The van der Waals surface area contributed by atoms with Gasteiger partial charge in [-0.3, -0.25) is 9.63 Å². The minimum Gasteiger partial charge on any atom is -0.496 e. The van der Waals surface area contributed by atoms with Gasteiger partial charge in [0.25, 0.3) is 0 Å². The number of aromatic carboxylic acids is 1. The zero-order valence-corrected chi connectivity index (χ0v) is 26.7. The van der Waals surface area contributed by atoms with E-state index in [-0.39, 0.29) is 31.2 Å². The van der Waals surface area contributed by atoms with Crippen LogP contribution in [0.15, 0.2) is 36.4 Å². The van der Waals surface area contributed by atoms with Crippen LogP contribution in [0.5, 0.6) is 5.75 Å². The van der Waals surface area contributed by atoms with Gasteiger partial charge in [-0.1, -0.05) is 51.8 Å². The monoisotopic (exact) mass is 598 g/mol. The van der Waals surface area contributed by atoms with Gasteiger partial charge < -0.3 is 30.9 Å². The number of carboxylic acid groups (broad SMARTS) is 1. The largest absolute Gasteiger partial charge is 0.496 e. The molecule has 5 N–H and O–H groups in total. The van der Waals surface area contributed by atoms with E-state index in [9.17, 15) is 19.8 Å². The van der Waals surface area contributed by atoms with Crippen LogP contribution in [0.25, 0.3) is 11.1 Å². The maximum absolute atomic E-state index is 12.6. The van der Waals surface area contributed by atoms with Crippen molar-refractivity contribution in [1.82, 2.24) is 10.4 Å². The molecule has 10 heteroatoms. The van der Waals surface area contributed by atoms with Crippen LogP contribution in [-0.4, -0.2) is 80.7 Å². The summed E-state index contributed by atoms with van der Waals surface area (Å²) in [6.45, 7) is 7.26. The first-order chi connectivity index (χ1) is 20.3. The minimum absolute atomic E-state index is 0.154. The highest BCUT2D eigenvalue weighted by atomic mass is 16.7. The van der Waals surface area contributed by atoms with Crippen molar-refractivity contribution >= 4 is 17.6 Å². The number of likely N-dealkylation sites (N-methyl/N-ethyl adjacent to an activating group) is 1. The number of aliphatic hydroxyl groups excluding tert-OH is 1. The Morgan fingerprint density at radius 2 is 1.95 bits per heavy atom. The number of methoxy groups -OCH3 is 1. The van der Waals surface area contributed by atoms with Crippen LogP contribution in [0.2, 0.25) is 0 Å². The van der Waals surface area contributed by atoms with Crippen LogP contribution >= 0.6 is 0 Å². The third kappa shape index (κ3) is 8.47. The smallest absolute Gasteiger partial charge is 0.335 e. The van der Waals surface area contributed by atoms with Gasteiger partial charge in [0.05, 0.1) is 31.9 Å². The van der Waals surface area contributed by atoms with Crippen LogP contribution in [0.4, 0.5) is 5.69 Å². The number of ether oxygens (including phenoxy) is 1. The lowest BCUT2D eigenvalue weighted by Gasteiger charge is -2.33. The van der Waals surface area contributed by atoms with E-state index in [0.717, 1.165) is 17.2 Å². The molecule has 43 heavy (non-hydrogen) atoms. The van der Waals surface area contributed by atoms with Crippen molar-refractivity contribution in [3.8, 4) is 16.9 Å². The molecule has 2 aromatic carbocycles. The lowest BCUT2D eigenvalue weighted by Crippen LogP contribution is -2.46. The summed E-state index contributed by atoms with van der Waals surface area (Å²) < 4.78 is 5.75. The second kappa shape index (κ2) is 15.0. The van der Waals surface area contributed by atoms with Crippen molar-refractivity contribution in [1.29, 1.82) is 0 Å². The van der Waals surface area contributed by atoms with Gasteiger partial charge >= 0.3 is 5.97 Å². The summed E-state index contributed by atoms with van der Waals surface area (Å²) in [5, 5.41) is 23.6. The SMILES string of the molecule is CC1CCCC(C)(C)C1.CNC(=O)C1C(CO)C(CN)ON1Cc1cccc(-c2cc(C(=O)O)cc(N(C)C)c2)c1OC. The number of anilines is 1. The molecule has 4 unspecified atom stereocenters. The molecule has 1 heterocycles. The predicted octanol–water partition coefficient (Wildman–Crippen LogP) is 4.15. The number of nitrogens with two attached hydrogens (primary N) is 1. The summed E-state index contributed by atoms with van der Waals surface area (Å²) in [5.74, 6) is -0.273. The highest BCUT2D eigenvalue weighted by Crippen LogP contribution is 2.39. The normalized spacial score (nSPS) is 23.2. The van der Waals surface area contributed by atoms with Crippen LogP contribution in [0.1, 0.15) is 62.4 Å². The molecule has 1 aliphatic heterocycles. The zero-order chi connectivity index (χ0) is 31.9. The highest BCUT2D eigenvalue weighted by molar-refractivity contribution is 5.92. The molecule has 4 rings (SSSR count). The number of carbonyl (C=O) groups excluding carboxylic acids is 1. The second-order valence-corrected chi connectivity index (χ2v) is 12.7. The molecule has 0 bridgehead atoms. The number of benzene rings is 2. The summed E-state index contributed by atoms with van der Waals surface area (Å²) in [4.78, 5) is 32.1. The number of rotatable bonds is 9. The summed E-state index contributed by atoms with van der Waals surface area (Å²) in [5.41, 5.74) is 9.49. The molecule has 0 aromatic heterocycles. The fourth-order valence-corrected chi connectivity index (χ4v) is 6.35. The number of nitrogens with one attached hydrogen (secondary N) is 1. The molecule has 1 saturated carbocycles. The number of aliphatic hydroxyl groups is 1. The first-order valence-corrected chi connectivity index (χ1v) is 15.0. The van der Waals surface area contributed by atoms with Crippen molar-refractivity contribution < 1.29 is 29.4 Å². The lowest BCUT2D eigenvalue weighted by atomic mass is 9.73. The van der Waals surface area contributed by atoms with Crippen LogP contribution in [-0.2, 0) is 16.2 Å². The number of amides is 1. The Kier molecular flexibility index (Phi) is 12.0. The van der Waals surface area contributed by atoms with E-state index in [1.807, 2.05) is 43.3 Å². The molecular weight excluding hydrogens is 548 g/mol. The van der Waals surface area contributed by atoms with Crippen LogP contribution in [0, 0.1) is 17.3 Å². The molecule has 10 nitrogen and oxygen atoms in total. The van der Waals surface area contributed by atoms with Crippen molar-refractivity contribution in [2.45, 2.75) is 65.1 Å². The number of hydrogen-bond donors (Lipinski definition) is 4. The topological polar surface area (TPSA) is 138 Å². The van der Waals surface area contributed by atoms with Crippen molar-refractivity contribution in [2.24, 2.45) is 23.0 Å². The van der Waals surface area contributed by atoms with Gasteiger partial charge in [-0.15, -0.1) is 0 Å². The summed E-state index contributed by atoms with van der Waals surface area (Å²) in [6, 6.07) is 9.91. The molecule has 1 saturated heterocycles. The van der Waals surface area contributed by atoms with Gasteiger partial charge in [-0.2, -0.15) is 5.06 Å². The average Bonchev–Trinajstić information content (AvgIpc) is 3.33. The molecule has 2 aliphatic rings. The van der Waals surface area contributed by atoms with Gasteiger partial charge in [0.2, 0.25) is 5.91 Å². The molecule has 0 radical (unpaired) electrons. The molecule has 2 fully saturated rings. The van der Waals surface area contributed by atoms with E-state index in [1.54, 1.807) is 12.1 Å². The zero-order valence-electron chi connectivity index (χ0n) is 26.7. The fourth-order valence-electron chi connectivity index (χ4n) is 6.35. The van der Waals surface area contributed by atoms with Gasteiger partial charge in [0, 0.05) is 50.4 Å². The first kappa shape index (κ1) is 34.3. The predicted molar refractivity (Wildman–Crippen MR) is 169 cm³/mol. The molecule has 1 amide bonds. The minimum atomic E-state index is -1.03. The van der Waals surface area contributed by atoms with E-state index in [1.165, 1.54) is 44.9 Å². The van der Waals surface area contributed by atoms with Gasteiger partial charge in [-0.25, -0.2) is 4.79 Å².